The number of hydrogen-bond donors (Lipinski definition) is 1. The Labute approximate surface area is 247 Å². The summed E-state index contributed by atoms with van der Waals surface area (Å²) in [5.74, 6) is -0.500. The molecule has 0 radical (unpaired) electrons. The largest absolute Gasteiger partial charge is 0.460 e. The van der Waals surface area contributed by atoms with Gasteiger partial charge in [-0.2, -0.15) is 0 Å². The van der Waals surface area contributed by atoms with Crippen LogP contribution in [0, 0.1) is 6.92 Å². The summed E-state index contributed by atoms with van der Waals surface area (Å²) in [5, 5.41) is 10.4. The predicted octanol–water partition coefficient (Wildman–Crippen LogP) is 4.82. The number of aliphatic hydroxyl groups excluding tert-OH is 1. The van der Waals surface area contributed by atoms with Crippen LogP contribution in [0.2, 0.25) is 0 Å². The molecule has 1 unspecified atom stereocenters. The van der Waals surface area contributed by atoms with Crippen molar-refractivity contribution in [2.45, 2.75) is 38.3 Å². The van der Waals surface area contributed by atoms with E-state index in [1.165, 1.54) is 10.4 Å². The number of sulfonamides is 1. The number of benzene rings is 3. The topological polar surface area (TPSA) is 104 Å². The molecule has 0 aliphatic carbocycles. The summed E-state index contributed by atoms with van der Waals surface area (Å²) >= 11 is 0. The van der Waals surface area contributed by atoms with Gasteiger partial charge in [0.25, 0.3) is 10.0 Å². The van der Waals surface area contributed by atoms with Crippen molar-refractivity contribution in [1.82, 2.24) is 4.90 Å². The van der Waals surface area contributed by atoms with Crippen LogP contribution in [0.4, 0.5) is 11.4 Å². The Morgan fingerprint density at radius 2 is 1.71 bits per heavy atom. The predicted molar refractivity (Wildman–Crippen MR) is 163 cm³/mol. The fourth-order valence-electron chi connectivity index (χ4n) is 5.33. The Kier molecular flexibility index (Phi) is 8.86. The number of nitrogens with zero attached hydrogens (tertiary/aromatic N) is 3. The first-order chi connectivity index (χ1) is 20.2. The Morgan fingerprint density at radius 1 is 1.02 bits per heavy atom. The van der Waals surface area contributed by atoms with Crippen molar-refractivity contribution >= 4 is 38.3 Å². The van der Waals surface area contributed by atoms with Crippen LogP contribution in [0.15, 0.2) is 82.1 Å². The number of carbonyl (C=O) groups is 1. The number of ether oxygens (including phenoxy) is 1. The molecule has 0 spiro atoms. The fourth-order valence-corrected chi connectivity index (χ4v) is 6.82. The van der Waals surface area contributed by atoms with Gasteiger partial charge in [-0.1, -0.05) is 30.3 Å². The SMILES string of the molecule is CCOC(=O)c1oc2ccc(S(=O)(=O)N(CCc3ccccc3)c3ccc(N4CCN(C(C)O)CC4)cc3)cc2c1C. The maximum Gasteiger partial charge on any atom is 0.374 e. The monoisotopic (exact) mass is 591 g/mol. The summed E-state index contributed by atoms with van der Waals surface area (Å²) in [7, 11) is -3.98. The highest BCUT2D eigenvalue weighted by molar-refractivity contribution is 7.92. The molecule has 1 fully saturated rings. The lowest BCUT2D eigenvalue weighted by atomic mass is 10.1. The zero-order chi connectivity index (χ0) is 29.9. The van der Waals surface area contributed by atoms with Crippen LogP contribution in [0.1, 0.15) is 35.5 Å². The third-order valence-electron chi connectivity index (χ3n) is 7.75. The van der Waals surface area contributed by atoms with Gasteiger partial charge in [0.15, 0.2) is 0 Å². The third-order valence-corrected chi connectivity index (χ3v) is 9.57. The van der Waals surface area contributed by atoms with Gasteiger partial charge in [0.1, 0.15) is 11.8 Å². The van der Waals surface area contributed by atoms with Crippen LogP contribution in [0.3, 0.4) is 0 Å². The molecule has 1 atom stereocenters. The first-order valence-electron chi connectivity index (χ1n) is 14.2. The lowest BCUT2D eigenvalue weighted by Crippen LogP contribution is -2.49. The molecular formula is C32H37N3O6S. The van der Waals surface area contributed by atoms with Gasteiger partial charge in [-0.3, -0.25) is 9.21 Å². The fraction of sp³-hybridized carbons (Fsp3) is 0.344. The molecule has 1 aliphatic rings. The van der Waals surface area contributed by atoms with Crippen LogP contribution in [0.5, 0.6) is 0 Å². The Bertz CT molecular complexity index is 1630. The number of furan rings is 1. The second kappa shape index (κ2) is 12.6. The molecule has 0 bridgehead atoms. The average Bonchev–Trinajstić information content (AvgIpc) is 3.34. The summed E-state index contributed by atoms with van der Waals surface area (Å²) < 4.78 is 40.7. The highest BCUT2D eigenvalue weighted by atomic mass is 32.2. The Balaban J connectivity index is 1.46. The smallest absolute Gasteiger partial charge is 0.374 e. The zero-order valence-electron chi connectivity index (χ0n) is 24.2. The summed E-state index contributed by atoms with van der Waals surface area (Å²) in [5.41, 5.74) is 3.56. The highest BCUT2D eigenvalue weighted by Crippen LogP contribution is 2.32. The van der Waals surface area contributed by atoms with Crippen molar-refractivity contribution in [2.75, 3.05) is 48.5 Å². The van der Waals surface area contributed by atoms with Crippen LogP contribution in [-0.4, -0.2) is 70.0 Å². The molecule has 222 valence electrons. The minimum absolute atomic E-state index is 0.0761. The summed E-state index contributed by atoms with van der Waals surface area (Å²) in [4.78, 5) is 16.7. The molecule has 42 heavy (non-hydrogen) atoms. The van der Waals surface area contributed by atoms with Crippen LogP contribution < -0.4 is 9.21 Å². The second-order valence-corrected chi connectivity index (χ2v) is 12.3. The highest BCUT2D eigenvalue weighted by Gasteiger charge is 2.28. The number of rotatable bonds is 10. The summed E-state index contributed by atoms with van der Waals surface area (Å²) in [6, 6.07) is 22.1. The third kappa shape index (κ3) is 6.16. The van der Waals surface area contributed by atoms with Gasteiger partial charge in [0, 0.05) is 49.4 Å². The molecule has 1 aromatic heterocycles. The van der Waals surface area contributed by atoms with E-state index in [9.17, 15) is 18.3 Å². The molecule has 1 N–H and O–H groups in total. The number of piperazine rings is 1. The van der Waals surface area contributed by atoms with Gasteiger partial charge >= 0.3 is 5.97 Å². The number of aryl methyl sites for hydroxylation is 1. The maximum absolute atomic E-state index is 14.2. The van der Waals surface area contributed by atoms with E-state index in [0.717, 1.165) is 37.4 Å². The van der Waals surface area contributed by atoms with E-state index in [-0.39, 0.29) is 23.8 Å². The van der Waals surface area contributed by atoms with Crippen molar-refractivity contribution in [3.63, 3.8) is 0 Å². The van der Waals surface area contributed by atoms with Crippen LogP contribution in [0.25, 0.3) is 11.0 Å². The summed E-state index contributed by atoms with van der Waals surface area (Å²) in [6.07, 6.45) is 0.0584. The van der Waals surface area contributed by atoms with Crippen molar-refractivity contribution in [1.29, 1.82) is 0 Å². The van der Waals surface area contributed by atoms with Gasteiger partial charge in [0.2, 0.25) is 5.76 Å². The molecule has 2 heterocycles. The Hall–Kier alpha value is -3.86. The van der Waals surface area contributed by atoms with Gasteiger partial charge in [-0.25, -0.2) is 13.2 Å². The van der Waals surface area contributed by atoms with Gasteiger partial charge in [-0.15, -0.1) is 0 Å². The average molecular weight is 592 g/mol. The van der Waals surface area contributed by atoms with Crippen molar-refractivity contribution in [3.8, 4) is 0 Å². The van der Waals surface area contributed by atoms with E-state index in [0.29, 0.717) is 28.6 Å². The van der Waals surface area contributed by atoms with E-state index in [2.05, 4.69) is 4.90 Å². The van der Waals surface area contributed by atoms with Crippen molar-refractivity contribution in [2.24, 2.45) is 0 Å². The molecule has 3 aromatic carbocycles. The van der Waals surface area contributed by atoms with Crippen LogP contribution >= 0.6 is 0 Å². The number of hydrogen-bond acceptors (Lipinski definition) is 8. The lowest BCUT2D eigenvalue weighted by molar-refractivity contribution is 0.0153. The van der Waals surface area contributed by atoms with Crippen molar-refractivity contribution < 1.29 is 27.5 Å². The van der Waals surface area contributed by atoms with E-state index < -0.39 is 22.2 Å². The van der Waals surface area contributed by atoms with Gasteiger partial charge in [-0.05, 0) is 75.2 Å². The van der Waals surface area contributed by atoms with Crippen LogP contribution in [-0.2, 0) is 21.2 Å². The lowest BCUT2D eigenvalue weighted by Gasteiger charge is -2.37. The molecule has 0 amide bonds. The molecule has 1 aliphatic heterocycles. The van der Waals surface area contributed by atoms with Gasteiger partial charge in [0.05, 0.1) is 17.2 Å². The first-order valence-corrected chi connectivity index (χ1v) is 15.7. The Morgan fingerprint density at radius 3 is 2.36 bits per heavy atom. The molecule has 10 heteroatoms. The number of anilines is 2. The normalized spacial score (nSPS) is 15.1. The van der Waals surface area contributed by atoms with Gasteiger partial charge < -0.3 is 19.2 Å². The zero-order valence-corrected chi connectivity index (χ0v) is 25.0. The molecule has 0 saturated carbocycles. The minimum Gasteiger partial charge on any atom is -0.460 e. The van der Waals surface area contributed by atoms with E-state index >= 15 is 0 Å². The number of esters is 1. The first kappa shape index (κ1) is 29.6. The van der Waals surface area contributed by atoms with Crippen molar-refractivity contribution in [3.05, 3.63) is 89.7 Å². The molecule has 5 rings (SSSR count). The minimum atomic E-state index is -3.98. The number of carbonyl (C=O) groups excluding carboxylic acids is 1. The number of aliphatic hydroxyl groups is 1. The standard InChI is InChI=1S/C32H37N3O6S/c1-4-40-32(37)31-23(2)29-22-28(14-15-30(29)41-31)42(38,39)35(17-16-25-8-6-5-7-9-25)27-12-10-26(11-13-27)34-20-18-33(19-21-34)24(3)36/h5-15,22,24,36H,4,16-21H2,1-3H3. The summed E-state index contributed by atoms with van der Waals surface area (Å²) in [6.45, 7) is 8.74. The molecule has 9 nitrogen and oxygen atoms in total. The second-order valence-electron chi connectivity index (χ2n) is 10.4. The molecule has 4 aromatic rings. The van der Waals surface area contributed by atoms with E-state index in [1.807, 2.05) is 59.5 Å². The molecular weight excluding hydrogens is 554 g/mol. The quantitative estimate of drug-likeness (QED) is 0.262. The number of fused-ring (bicyclic) bond motifs is 1. The maximum atomic E-state index is 14.2. The van der Waals surface area contributed by atoms with E-state index in [4.69, 9.17) is 9.15 Å². The molecule has 1 saturated heterocycles. The van der Waals surface area contributed by atoms with E-state index in [1.54, 1.807) is 32.9 Å².